The number of carbonyl (C=O) groups is 2. The molecule has 0 amide bonds. The second-order valence-corrected chi connectivity index (χ2v) is 4.82. The number of hydrogen-bond acceptors (Lipinski definition) is 2. The van der Waals surface area contributed by atoms with Crippen LogP contribution in [0.4, 0.5) is 0 Å². The van der Waals surface area contributed by atoms with E-state index < -0.39 is 0 Å². The van der Waals surface area contributed by atoms with E-state index in [0.29, 0.717) is 19.3 Å². The third-order valence-corrected chi connectivity index (χ3v) is 2.82. The Kier molecular flexibility index (Phi) is 5.08. The molecule has 1 aromatic rings. The van der Waals surface area contributed by atoms with Crippen molar-refractivity contribution in [2.24, 2.45) is 5.92 Å². The van der Waals surface area contributed by atoms with Gasteiger partial charge in [0.15, 0.2) is 0 Å². The topological polar surface area (TPSA) is 34.1 Å². The van der Waals surface area contributed by atoms with Crippen LogP contribution in [0.5, 0.6) is 0 Å². The fraction of sp³-hybridized carbons (Fsp3) is 0.467. The Morgan fingerprint density at radius 1 is 1.06 bits per heavy atom. The summed E-state index contributed by atoms with van der Waals surface area (Å²) in [5.74, 6) is 0.340. The lowest BCUT2D eigenvalue weighted by Crippen LogP contribution is -2.11. The van der Waals surface area contributed by atoms with Crippen molar-refractivity contribution in [1.82, 2.24) is 0 Å². The number of benzene rings is 1. The highest BCUT2D eigenvalue weighted by molar-refractivity contribution is 5.87. The van der Waals surface area contributed by atoms with Gasteiger partial charge in [-0.1, -0.05) is 43.7 Å². The van der Waals surface area contributed by atoms with Crippen molar-refractivity contribution in [3.63, 3.8) is 0 Å². The first-order valence-corrected chi connectivity index (χ1v) is 6.09. The highest BCUT2D eigenvalue weighted by Gasteiger charge is 2.10. The zero-order valence-corrected chi connectivity index (χ0v) is 10.8. The van der Waals surface area contributed by atoms with Crippen LogP contribution >= 0.6 is 0 Å². The van der Waals surface area contributed by atoms with E-state index in [2.05, 4.69) is 0 Å². The van der Waals surface area contributed by atoms with E-state index in [4.69, 9.17) is 0 Å². The Morgan fingerprint density at radius 2 is 1.65 bits per heavy atom. The molecule has 0 heterocycles. The summed E-state index contributed by atoms with van der Waals surface area (Å²) in [5, 5.41) is 0. The van der Waals surface area contributed by atoms with Gasteiger partial charge in [0.2, 0.25) is 0 Å². The Morgan fingerprint density at radius 3 is 2.18 bits per heavy atom. The molecule has 0 aliphatic rings. The molecular weight excluding hydrogens is 212 g/mol. The minimum Gasteiger partial charge on any atom is -0.299 e. The van der Waals surface area contributed by atoms with Crippen molar-refractivity contribution < 1.29 is 9.59 Å². The van der Waals surface area contributed by atoms with Crippen LogP contribution in [-0.4, -0.2) is 11.6 Å². The lowest BCUT2D eigenvalue weighted by atomic mass is 10.00. The minimum absolute atomic E-state index is 0.0298. The fourth-order valence-electron chi connectivity index (χ4n) is 1.57. The average Bonchev–Trinajstić information content (AvgIpc) is 2.29. The predicted octanol–water partition coefficient (Wildman–Crippen LogP) is 3.11. The first kappa shape index (κ1) is 13.6. The number of Topliss-reactive ketones (excluding diaryl/α,β-unsaturated/α-hetero) is 2. The van der Waals surface area contributed by atoms with Gasteiger partial charge in [0.05, 0.1) is 0 Å². The summed E-state index contributed by atoms with van der Waals surface area (Å²) in [7, 11) is 0. The molecule has 2 heteroatoms. The summed E-state index contributed by atoms with van der Waals surface area (Å²) < 4.78 is 0. The maximum atomic E-state index is 11.7. The number of aryl methyl sites for hydroxylation is 1. The lowest BCUT2D eigenvalue weighted by Gasteiger charge is -2.04. The van der Waals surface area contributed by atoms with E-state index in [1.54, 1.807) is 0 Å². The summed E-state index contributed by atoms with van der Waals surface area (Å²) in [6.07, 6.45) is 1.18. The summed E-state index contributed by atoms with van der Waals surface area (Å²) in [6.45, 7) is 5.76. The van der Waals surface area contributed by atoms with Crippen LogP contribution in [0, 0.1) is 12.8 Å². The highest BCUT2D eigenvalue weighted by atomic mass is 16.1. The molecule has 2 nitrogen and oxygen atoms in total. The third kappa shape index (κ3) is 4.94. The molecule has 1 aromatic carbocycles. The van der Waals surface area contributed by atoms with Crippen LogP contribution in [-0.2, 0) is 16.0 Å². The average molecular weight is 232 g/mol. The maximum Gasteiger partial charge on any atom is 0.137 e. The molecule has 0 aliphatic carbocycles. The molecule has 0 spiro atoms. The van der Waals surface area contributed by atoms with Crippen molar-refractivity contribution in [3.8, 4) is 0 Å². The smallest absolute Gasteiger partial charge is 0.137 e. The van der Waals surface area contributed by atoms with E-state index in [9.17, 15) is 9.59 Å². The zero-order valence-electron chi connectivity index (χ0n) is 10.8. The monoisotopic (exact) mass is 232 g/mol. The van der Waals surface area contributed by atoms with Gasteiger partial charge in [0, 0.05) is 25.2 Å². The molecule has 0 atom stereocenters. The van der Waals surface area contributed by atoms with E-state index in [-0.39, 0.29) is 17.5 Å². The SMILES string of the molecule is Cc1ccc(CC(=O)CCC(=O)C(C)C)cc1. The van der Waals surface area contributed by atoms with E-state index in [1.807, 2.05) is 45.0 Å². The summed E-state index contributed by atoms with van der Waals surface area (Å²) in [4.78, 5) is 23.1. The Balaban J connectivity index is 2.40. The van der Waals surface area contributed by atoms with Crippen molar-refractivity contribution in [3.05, 3.63) is 35.4 Å². The maximum absolute atomic E-state index is 11.7. The molecule has 1 rings (SSSR count). The number of ketones is 2. The number of rotatable bonds is 6. The van der Waals surface area contributed by atoms with Crippen molar-refractivity contribution in [2.45, 2.75) is 40.0 Å². The van der Waals surface area contributed by atoms with Gasteiger partial charge >= 0.3 is 0 Å². The molecule has 0 saturated heterocycles. The Hall–Kier alpha value is -1.44. The molecule has 0 radical (unpaired) electrons. The molecule has 0 aromatic heterocycles. The zero-order chi connectivity index (χ0) is 12.8. The molecule has 0 saturated carbocycles. The second-order valence-electron chi connectivity index (χ2n) is 4.82. The lowest BCUT2D eigenvalue weighted by molar-refractivity contribution is -0.125. The molecule has 0 fully saturated rings. The molecule has 17 heavy (non-hydrogen) atoms. The van der Waals surface area contributed by atoms with Crippen LogP contribution in [0.3, 0.4) is 0 Å². The number of carbonyl (C=O) groups excluding carboxylic acids is 2. The first-order chi connectivity index (χ1) is 7.99. The van der Waals surface area contributed by atoms with Crippen molar-refractivity contribution in [1.29, 1.82) is 0 Å². The second kappa shape index (κ2) is 6.33. The normalized spacial score (nSPS) is 10.6. The van der Waals surface area contributed by atoms with Crippen LogP contribution in [0.2, 0.25) is 0 Å². The van der Waals surface area contributed by atoms with Gasteiger partial charge in [0.25, 0.3) is 0 Å². The third-order valence-electron chi connectivity index (χ3n) is 2.82. The van der Waals surface area contributed by atoms with Gasteiger partial charge in [-0.05, 0) is 12.5 Å². The van der Waals surface area contributed by atoms with Gasteiger partial charge in [-0.15, -0.1) is 0 Å². The largest absolute Gasteiger partial charge is 0.299 e. The van der Waals surface area contributed by atoms with Gasteiger partial charge in [0.1, 0.15) is 11.6 Å². The van der Waals surface area contributed by atoms with Gasteiger partial charge in [-0.25, -0.2) is 0 Å². The van der Waals surface area contributed by atoms with Crippen LogP contribution in [0.1, 0.15) is 37.8 Å². The van der Waals surface area contributed by atoms with E-state index in [1.165, 1.54) is 5.56 Å². The molecule has 0 N–H and O–H groups in total. The molecule has 92 valence electrons. The van der Waals surface area contributed by atoms with Gasteiger partial charge in [-0.3, -0.25) is 9.59 Å². The fourth-order valence-corrected chi connectivity index (χ4v) is 1.57. The van der Waals surface area contributed by atoms with E-state index >= 15 is 0 Å². The molecular formula is C15H20O2. The standard InChI is InChI=1S/C15H20O2/c1-11(2)15(17)9-8-14(16)10-13-6-4-12(3)5-7-13/h4-7,11H,8-10H2,1-3H3. The summed E-state index contributed by atoms with van der Waals surface area (Å²) in [6, 6.07) is 7.94. The molecule has 0 bridgehead atoms. The Bertz CT molecular complexity index is 388. The summed E-state index contributed by atoms with van der Waals surface area (Å²) >= 11 is 0. The quantitative estimate of drug-likeness (QED) is 0.755. The predicted molar refractivity (Wildman–Crippen MR) is 69.0 cm³/mol. The highest BCUT2D eigenvalue weighted by Crippen LogP contribution is 2.08. The number of hydrogen-bond donors (Lipinski definition) is 0. The van der Waals surface area contributed by atoms with Crippen LogP contribution in [0.15, 0.2) is 24.3 Å². The van der Waals surface area contributed by atoms with Crippen LogP contribution in [0.25, 0.3) is 0 Å². The molecule has 0 unspecified atom stereocenters. The van der Waals surface area contributed by atoms with E-state index in [0.717, 1.165) is 5.56 Å². The van der Waals surface area contributed by atoms with Gasteiger partial charge in [-0.2, -0.15) is 0 Å². The minimum atomic E-state index is 0.0298. The first-order valence-electron chi connectivity index (χ1n) is 6.09. The van der Waals surface area contributed by atoms with Crippen molar-refractivity contribution in [2.75, 3.05) is 0 Å². The Labute approximate surface area is 103 Å². The summed E-state index contributed by atoms with van der Waals surface area (Å²) in [5.41, 5.74) is 2.22. The molecule has 0 aliphatic heterocycles. The van der Waals surface area contributed by atoms with Crippen molar-refractivity contribution >= 4 is 11.6 Å². The van der Waals surface area contributed by atoms with Crippen LogP contribution < -0.4 is 0 Å². The van der Waals surface area contributed by atoms with Gasteiger partial charge < -0.3 is 0 Å².